The number of ether oxygens (including phenoxy) is 1. The minimum Gasteiger partial charge on any atom is -0.449 e. The highest BCUT2D eigenvalue weighted by atomic mass is 19.3. The molecule has 0 aliphatic heterocycles. The summed E-state index contributed by atoms with van der Waals surface area (Å²) in [4.78, 5) is 16.7. The molecule has 1 heterocycles. The molecule has 0 unspecified atom stereocenters. The van der Waals surface area contributed by atoms with E-state index in [-0.39, 0.29) is 11.1 Å². The quantitative estimate of drug-likeness (QED) is 0.798. The van der Waals surface area contributed by atoms with Crippen LogP contribution in [0, 0.1) is 18.3 Å². The number of halogens is 6. The van der Waals surface area contributed by atoms with E-state index in [1.54, 1.807) is 6.07 Å². The molecule has 0 fully saturated rings. The molecule has 1 aromatic carbocycles. The van der Waals surface area contributed by atoms with Gasteiger partial charge in [-0.1, -0.05) is 0 Å². The summed E-state index contributed by atoms with van der Waals surface area (Å²) in [6.45, 7) is 1.25. The molecule has 138 valence electrons. The van der Waals surface area contributed by atoms with Crippen LogP contribution < -0.4 is 10.3 Å². The molecule has 2 aromatic rings. The van der Waals surface area contributed by atoms with Crippen molar-refractivity contribution >= 4 is 0 Å². The molecule has 0 saturated heterocycles. The van der Waals surface area contributed by atoms with Crippen LogP contribution in [-0.4, -0.2) is 16.4 Å². The molecule has 11 heteroatoms. The smallest absolute Gasteiger partial charge is 0.352 e. The number of alkyl halides is 6. The van der Waals surface area contributed by atoms with E-state index in [0.29, 0.717) is 6.33 Å². The molecular formula is C15H9F6N3O2. The fourth-order valence-corrected chi connectivity index (χ4v) is 1.99. The third-order valence-electron chi connectivity index (χ3n) is 3.37. The summed E-state index contributed by atoms with van der Waals surface area (Å²) < 4.78 is 83.3. The number of aromatic nitrogens is 2. The lowest BCUT2D eigenvalue weighted by atomic mass is 10.0. The Hall–Kier alpha value is -3.03. The van der Waals surface area contributed by atoms with E-state index in [0.717, 1.165) is 12.1 Å². The zero-order chi connectivity index (χ0) is 19.6. The average molecular weight is 377 g/mol. The summed E-state index contributed by atoms with van der Waals surface area (Å²) in [5.74, 6) is -6.64. The molecule has 0 bridgehead atoms. The van der Waals surface area contributed by atoms with Crippen molar-refractivity contribution in [3.63, 3.8) is 0 Å². The maximum atomic E-state index is 13.7. The molecule has 1 N–H and O–H groups in total. The van der Waals surface area contributed by atoms with Crippen LogP contribution in [0.1, 0.15) is 28.8 Å². The molecule has 1 aromatic heterocycles. The molecule has 5 nitrogen and oxygen atoms in total. The molecule has 0 amide bonds. The number of rotatable bonds is 5. The molecule has 0 aliphatic rings. The van der Waals surface area contributed by atoms with Crippen LogP contribution in [0.2, 0.25) is 0 Å². The SMILES string of the molecule is Cc1c(C#N)cc(C(F)F)cc1Oc1c(C(F)(F)C(F)F)nc[nH]c1=O. The van der Waals surface area contributed by atoms with Gasteiger partial charge in [0.25, 0.3) is 12.0 Å². The number of nitrogens with zero attached hydrogens (tertiary/aromatic N) is 2. The Bertz CT molecular complexity index is 921. The first-order valence-electron chi connectivity index (χ1n) is 6.84. The Morgan fingerprint density at radius 1 is 1.27 bits per heavy atom. The monoisotopic (exact) mass is 377 g/mol. The van der Waals surface area contributed by atoms with Gasteiger partial charge in [0.2, 0.25) is 5.75 Å². The summed E-state index contributed by atoms with van der Waals surface area (Å²) in [5, 5.41) is 8.98. The molecule has 26 heavy (non-hydrogen) atoms. The van der Waals surface area contributed by atoms with Gasteiger partial charge in [-0.3, -0.25) is 4.79 Å². The van der Waals surface area contributed by atoms with Crippen LogP contribution in [0.5, 0.6) is 11.5 Å². The normalized spacial score (nSPS) is 11.7. The van der Waals surface area contributed by atoms with Crippen molar-refractivity contribution in [2.45, 2.75) is 25.7 Å². The molecule has 0 spiro atoms. The van der Waals surface area contributed by atoms with Crippen molar-refractivity contribution in [3.05, 3.63) is 51.2 Å². The lowest BCUT2D eigenvalue weighted by molar-refractivity contribution is -0.139. The minimum absolute atomic E-state index is 0.0496. The Morgan fingerprint density at radius 2 is 1.92 bits per heavy atom. The Balaban J connectivity index is 2.66. The van der Waals surface area contributed by atoms with Crippen molar-refractivity contribution in [1.82, 2.24) is 9.97 Å². The fraction of sp³-hybridized carbons (Fsp3) is 0.267. The molecule has 0 atom stereocenters. The Kier molecular flexibility index (Phi) is 5.25. The predicted octanol–water partition coefficient (Wildman–Crippen LogP) is 4.04. The van der Waals surface area contributed by atoms with E-state index >= 15 is 0 Å². The summed E-state index contributed by atoms with van der Waals surface area (Å²) in [6.07, 6.45) is -6.74. The van der Waals surface area contributed by atoms with Crippen LogP contribution in [0.25, 0.3) is 0 Å². The summed E-state index contributed by atoms with van der Waals surface area (Å²) in [5.41, 5.74) is -3.97. The summed E-state index contributed by atoms with van der Waals surface area (Å²) >= 11 is 0. The number of nitrogens with one attached hydrogen (secondary N) is 1. The van der Waals surface area contributed by atoms with Crippen LogP contribution in [0.15, 0.2) is 23.3 Å². The molecular weight excluding hydrogens is 368 g/mol. The van der Waals surface area contributed by atoms with Gasteiger partial charge in [0, 0.05) is 11.1 Å². The largest absolute Gasteiger partial charge is 0.449 e. The molecule has 0 radical (unpaired) electrons. The first kappa shape index (κ1) is 19.3. The molecule has 0 saturated carbocycles. The average Bonchev–Trinajstić information content (AvgIpc) is 2.57. The van der Waals surface area contributed by atoms with Gasteiger partial charge in [-0.2, -0.15) is 14.0 Å². The Morgan fingerprint density at radius 3 is 2.46 bits per heavy atom. The van der Waals surface area contributed by atoms with Gasteiger partial charge in [-0.25, -0.2) is 22.5 Å². The van der Waals surface area contributed by atoms with Crippen LogP contribution in [0.3, 0.4) is 0 Å². The van der Waals surface area contributed by atoms with E-state index in [1.165, 1.54) is 6.92 Å². The standard InChI is InChI=1S/C15H9F6N3O2/c1-6-8(4-22)2-7(12(16)17)3-9(6)26-10-11(15(20,21)14(18)19)23-5-24-13(10)25/h2-3,5,12,14H,1H3,(H,23,24,25). The van der Waals surface area contributed by atoms with Crippen molar-refractivity contribution in [1.29, 1.82) is 5.26 Å². The first-order valence-corrected chi connectivity index (χ1v) is 6.84. The van der Waals surface area contributed by atoms with Crippen molar-refractivity contribution in [3.8, 4) is 17.6 Å². The summed E-state index contributed by atoms with van der Waals surface area (Å²) in [6, 6.07) is 3.19. The van der Waals surface area contributed by atoms with E-state index in [9.17, 15) is 31.1 Å². The number of nitriles is 1. The zero-order valence-corrected chi connectivity index (χ0v) is 12.9. The second-order valence-corrected chi connectivity index (χ2v) is 5.04. The van der Waals surface area contributed by atoms with Crippen LogP contribution in [-0.2, 0) is 5.92 Å². The zero-order valence-electron chi connectivity index (χ0n) is 12.9. The second kappa shape index (κ2) is 7.07. The third kappa shape index (κ3) is 3.49. The number of H-pyrrole nitrogens is 1. The number of hydrogen-bond acceptors (Lipinski definition) is 4. The first-order chi connectivity index (χ1) is 12.1. The minimum atomic E-state index is -4.82. The van der Waals surface area contributed by atoms with Gasteiger partial charge < -0.3 is 9.72 Å². The number of benzene rings is 1. The highest BCUT2D eigenvalue weighted by Gasteiger charge is 2.47. The van der Waals surface area contributed by atoms with Crippen molar-refractivity contribution < 1.29 is 31.1 Å². The second-order valence-electron chi connectivity index (χ2n) is 5.04. The molecule has 2 rings (SSSR count). The van der Waals surface area contributed by atoms with E-state index in [1.807, 2.05) is 4.98 Å². The Labute approximate surface area is 141 Å². The third-order valence-corrected chi connectivity index (χ3v) is 3.37. The topological polar surface area (TPSA) is 78.8 Å². The van der Waals surface area contributed by atoms with Gasteiger partial charge in [-0.15, -0.1) is 0 Å². The fourth-order valence-electron chi connectivity index (χ4n) is 1.99. The van der Waals surface area contributed by atoms with Gasteiger partial charge in [0.05, 0.1) is 18.0 Å². The van der Waals surface area contributed by atoms with Gasteiger partial charge in [0.15, 0.2) is 5.69 Å². The van der Waals surface area contributed by atoms with Crippen molar-refractivity contribution in [2.75, 3.05) is 0 Å². The lowest BCUT2D eigenvalue weighted by Crippen LogP contribution is -2.28. The van der Waals surface area contributed by atoms with Gasteiger partial charge in [-0.05, 0) is 19.1 Å². The van der Waals surface area contributed by atoms with Crippen LogP contribution >= 0.6 is 0 Å². The number of aromatic amines is 1. The molecule has 0 aliphatic carbocycles. The maximum Gasteiger partial charge on any atom is 0.352 e. The van der Waals surface area contributed by atoms with Crippen molar-refractivity contribution in [2.24, 2.45) is 0 Å². The van der Waals surface area contributed by atoms with E-state index in [2.05, 4.69) is 4.98 Å². The van der Waals surface area contributed by atoms with Gasteiger partial charge in [0.1, 0.15) is 5.75 Å². The highest BCUT2D eigenvalue weighted by molar-refractivity contribution is 5.50. The lowest BCUT2D eigenvalue weighted by Gasteiger charge is -2.18. The summed E-state index contributed by atoms with van der Waals surface area (Å²) in [7, 11) is 0. The van der Waals surface area contributed by atoms with Crippen LogP contribution in [0.4, 0.5) is 26.3 Å². The highest BCUT2D eigenvalue weighted by Crippen LogP contribution is 2.39. The van der Waals surface area contributed by atoms with Gasteiger partial charge >= 0.3 is 12.3 Å². The predicted molar refractivity (Wildman–Crippen MR) is 75.7 cm³/mol. The maximum absolute atomic E-state index is 13.7. The van der Waals surface area contributed by atoms with E-state index in [4.69, 9.17) is 10.00 Å². The number of hydrogen-bond donors (Lipinski definition) is 1. The van der Waals surface area contributed by atoms with E-state index < -0.39 is 47.1 Å².